The summed E-state index contributed by atoms with van der Waals surface area (Å²) >= 11 is 0. The van der Waals surface area contributed by atoms with Crippen molar-refractivity contribution < 1.29 is 4.79 Å². The van der Waals surface area contributed by atoms with Crippen molar-refractivity contribution in [1.29, 1.82) is 0 Å². The van der Waals surface area contributed by atoms with E-state index in [1.165, 1.54) is 0 Å². The van der Waals surface area contributed by atoms with Crippen LogP contribution in [0.2, 0.25) is 0 Å². The van der Waals surface area contributed by atoms with Crippen molar-refractivity contribution in [3.05, 3.63) is 23.4 Å². The molecular weight excluding hydrogens is 252 g/mol. The lowest BCUT2D eigenvalue weighted by atomic mass is 10.0. The van der Waals surface area contributed by atoms with Gasteiger partial charge in [-0.1, -0.05) is 40.5 Å². The molecule has 0 aliphatic rings. The van der Waals surface area contributed by atoms with E-state index in [1.807, 2.05) is 19.9 Å². The first-order valence-corrected chi connectivity index (χ1v) is 7.28. The molecule has 0 bridgehead atoms. The summed E-state index contributed by atoms with van der Waals surface area (Å²) in [6.07, 6.45) is 2.14. The molecule has 0 fully saturated rings. The molecule has 5 heteroatoms. The molecule has 0 spiro atoms. The highest BCUT2D eigenvalue weighted by Gasteiger charge is 2.12. The van der Waals surface area contributed by atoms with Gasteiger partial charge in [0.1, 0.15) is 5.82 Å². The summed E-state index contributed by atoms with van der Waals surface area (Å²) < 4.78 is 0. The third-order valence-electron chi connectivity index (χ3n) is 3.55. The molecule has 0 aliphatic heterocycles. The van der Waals surface area contributed by atoms with E-state index < -0.39 is 0 Å². The average molecular weight is 278 g/mol. The zero-order chi connectivity index (χ0) is 15.1. The number of hydrazine groups is 1. The first kappa shape index (κ1) is 16.4. The molecule has 4 N–H and O–H groups in total. The minimum absolute atomic E-state index is 0.0716. The second-order valence-corrected chi connectivity index (χ2v) is 5.36. The zero-order valence-corrected chi connectivity index (χ0v) is 12.9. The van der Waals surface area contributed by atoms with Gasteiger partial charge in [-0.2, -0.15) is 0 Å². The molecule has 1 amide bonds. The number of nitrogens with two attached hydrogens (primary N) is 1. The van der Waals surface area contributed by atoms with E-state index >= 15 is 0 Å². The quantitative estimate of drug-likeness (QED) is 0.529. The first-order valence-electron chi connectivity index (χ1n) is 7.28. The van der Waals surface area contributed by atoms with Crippen molar-refractivity contribution in [3.8, 4) is 0 Å². The molecule has 0 radical (unpaired) electrons. The highest BCUT2D eigenvalue weighted by molar-refractivity contribution is 5.95. The maximum absolute atomic E-state index is 12.2. The van der Waals surface area contributed by atoms with Gasteiger partial charge in [0.05, 0.1) is 0 Å². The average Bonchev–Trinajstić information content (AvgIpc) is 2.47. The molecule has 1 rings (SSSR count). The Morgan fingerprint density at radius 1 is 1.30 bits per heavy atom. The fraction of sp³-hybridized carbons (Fsp3) is 0.600. The molecule has 1 aromatic rings. The molecule has 0 saturated carbocycles. The van der Waals surface area contributed by atoms with Crippen molar-refractivity contribution in [2.75, 3.05) is 12.0 Å². The summed E-state index contributed by atoms with van der Waals surface area (Å²) in [6, 6.07) is 3.50. The maximum Gasteiger partial charge on any atom is 0.251 e. The predicted octanol–water partition coefficient (Wildman–Crippen LogP) is 2.66. The Morgan fingerprint density at radius 2 is 1.95 bits per heavy atom. The molecule has 112 valence electrons. The molecule has 1 aromatic heterocycles. The topological polar surface area (TPSA) is 80.0 Å². The fourth-order valence-electron chi connectivity index (χ4n) is 1.97. The monoisotopic (exact) mass is 278 g/mol. The van der Waals surface area contributed by atoms with Crippen molar-refractivity contribution in [2.45, 2.75) is 46.5 Å². The Kier molecular flexibility index (Phi) is 6.45. The lowest BCUT2D eigenvalue weighted by Crippen LogP contribution is -2.29. The second kappa shape index (κ2) is 7.85. The molecule has 0 aromatic carbocycles. The Labute approximate surface area is 121 Å². The van der Waals surface area contributed by atoms with Crippen molar-refractivity contribution >= 4 is 11.7 Å². The predicted molar refractivity (Wildman–Crippen MR) is 82.5 cm³/mol. The Balaban J connectivity index is 2.83. The second-order valence-electron chi connectivity index (χ2n) is 5.36. The van der Waals surface area contributed by atoms with E-state index in [4.69, 9.17) is 5.84 Å². The van der Waals surface area contributed by atoms with Gasteiger partial charge in [-0.05, 0) is 24.0 Å². The summed E-state index contributed by atoms with van der Waals surface area (Å²) in [4.78, 5) is 16.6. The number of amides is 1. The van der Waals surface area contributed by atoms with Crippen molar-refractivity contribution in [3.63, 3.8) is 0 Å². The minimum atomic E-state index is -0.0716. The van der Waals surface area contributed by atoms with Crippen LogP contribution in [0, 0.1) is 5.92 Å². The standard InChI is InChI=1S/C15H26N4O/c1-5-11(6-2)9-17-15(20)12-7-13(10(3)4)18-14(8-12)19-16/h7-8,10-11H,5-6,9,16H2,1-4H3,(H,17,20)(H,18,19). The van der Waals surface area contributed by atoms with Crippen LogP contribution >= 0.6 is 0 Å². The van der Waals surface area contributed by atoms with Gasteiger partial charge in [0.2, 0.25) is 0 Å². The molecule has 5 nitrogen and oxygen atoms in total. The Bertz CT molecular complexity index is 441. The van der Waals surface area contributed by atoms with Gasteiger partial charge in [-0.3, -0.25) is 4.79 Å². The van der Waals surface area contributed by atoms with Crippen LogP contribution in [-0.2, 0) is 0 Å². The van der Waals surface area contributed by atoms with Crippen LogP contribution in [-0.4, -0.2) is 17.4 Å². The van der Waals surface area contributed by atoms with Crippen LogP contribution in [0.3, 0.4) is 0 Å². The van der Waals surface area contributed by atoms with E-state index in [-0.39, 0.29) is 11.8 Å². The van der Waals surface area contributed by atoms with Crippen LogP contribution in [0.25, 0.3) is 0 Å². The van der Waals surface area contributed by atoms with E-state index in [2.05, 4.69) is 29.6 Å². The van der Waals surface area contributed by atoms with Gasteiger partial charge in [-0.25, -0.2) is 10.8 Å². The molecule has 0 aliphatic carbocycles. The summed E-state index contributed by atoms with van der Waals surface area (Å²) in [6.45, 7) is 9.06. The van der Waals surface area contributed by atoms with Crippen LogP contribution in [0.1, 0.15) is 62.5 Å². The van der Waals surface area contributed by atoms with Crippen molar-refractivity contribution in [2.24, 2.45) is 11.8 Å². The molecule has 0 unspecified atom stereocenters. The number of carbonyl (C=O) groups excluding carboxylic acids is 1. The lowest BCUT2D eigenvalue weighted by Gasteiger charge is -2.14. The molecular formula is C15H26N4O. The number of nitrogens with zero attached hydrogens (tertiary/aromatic N) is 1. The number of carbonyl (C=O) groups is 1. The molecule has 20 heavy (non-hydrogen) atoms. The van der Waals surface area contributed by atoms with Gasteiger partial charge in [-0.15, -0.1) is 0 Å². The number of aromatic nitrogens is 1. The highest BCUT2D eigenvalue weighted by Crippen LogP contribution is 2.17. The van der Waals surface area contributed by atoms with Crippen molar-refractivity contribution in [1.82, 2.24) is 10.3 Å². The number of pyridine rings is 1. The van der Waals surface area contributed by atoms with E-state index in [1.54, 1.807) is 6.07 Å². The molecule has 0 atom stereocenters. The SMILES string of the molecule is CCC(CC)CNC(=O)c1cc(NN)nc(C(C)C)c1. The van der Waals surface area contributed by atoms with Gasteiger partial charge < -0.3 is 10.7 Å². The van der Waals surface area contributed by atoms with E-state index in [0.29, 0.717) is 23.8 Å². The van der Waals surface area contributed by atoms with E-state index in [9.17, 15) is 4.79 Å². The van der Waals surface area contributed by atoms with Crippen LogP contribution in [0.15, 0.2) is 12.1 Å². The zero-order valence-electron chi connectivity index (χ0n) is 12.9. The summed E-state index contributed by atoms with van der Waals surface area (Å²) in [5.41, 5.74) is 3.97. The Morgan fingerprint density at radius 3 is 2.45 bits per heavy atom. The number of nitrogens with one attached hydrogen (secondary N) is 2. The van der Waals surface area contributed by atoms with Gasteiger partial charge in [0.25, 0.3) is 5.91 Å². The molecule has 1 heterocycles. The largest absolute Gasteiger partial charge is 0.352 e. The maximum atomic E-state index is 12.2. The third-order valence-corrected chi connectivity index (χ3v) is 3.55. The third kappa shape index (κ3) is 4.49. The first-order chi connectivity index (χ1) is 9.51. The molecule has 0 saturated heterocycles. The fourth-order valence-corrected chi connectivity index (χ4v) is 1.97. The van der Waals surface area contributed by atoms with Crippen LogP contribution in [0.4, 0.5) is 5.82 Å². The summed E-state index contributed by atoms with van der Waals surface area (Å²) in [5, 5.41) is 2.98. The lowest BCUT2D eigenvalue weighted by molar-refractivity contribution is 0.0946. The number of hydrogen-bond donors (Lipinski definition) is 3. The van der Waals surface area contributed by atoms with Crippen LogP contribution < -0.4 is 16.6 Å². The number of rotatable bonds is 7. The summed E-state index contributed by atoms with van der Waals surface area (Å²) in [5.74, 6) is 6.62. The highest BCUT2D eigenvalue weighted by atomic mass is 16.1. The smallest absolute Gasteiger partial charge is 0.251 e. The normalized spacial score (nSPS) is 10.9. The number of anilines is 1. The minimum Gasteiger partial charge on any atom is -0.352 e. The van der Waals surface area contributed by atoms with Gasteiger partial charge >= 0.3 is 0 Å². The van der Waals surface area contributed by atoms with E-state index in [0.717, 1.165) is 18.5 Å². The van der Waals surface area contributed by atoms with Crippen LogP contribution in [0.5, 0.6) is 0 Å². The number of nitrogen functional groups attached to an aromatic ring is 1. The van der Waals surface area contributed by atoms with Gasteiger partial charge in [0, 0.05) is 17.8 Å². The van der Waals surface area contributed by atoms with Gasteiger partial charge in [0.15, 0.2) is 0 Å². The Hall–Kier alpha value is -1.62. The summed E-state index contributed by atoms with van der Waals surface area (Å²) in [7, 11) is 0. The number of hydrogen-bond acceptors (Lipinski definition) is 4.